The molecular weight excluding hydrogens is 408 g/mol. The molecule has 7 nitrogen and oxygen atoms in total. The molecule has 0 atom stereocenters. The molecule has 158 valence electrons. The quantitative estimate of drug-likeness (QED) is 0.395. The Morgan fingerprint density at radius 2 is 1.78 bits per heavy atom. The van der Waals surface area contributed by atoms with E-state index in [-0.39, 0.29) is 6.54 Å². The Bertz CT molecular complexity index is 1380. The first-order valence-corrected chi connectivity index (χ1v) is 10.0. The van der Waals surface area contributed by atoms with Gasteiger partial charge in [-0.05, 0) is 41.8 Å². The van der Waals surface area contributed by atoms with E-state index in [4.69, 9.17) is 13.6 Å². The summed E-state index contributed by atoms with van der Waals surface area (Å²) in [6.07, 6.45) is 1.52. The van der Waals surface area contributed by atoms with Crippen LogP contribution in [0.1, 0.15) is 16.1 Å². The molecule has 1 amide bonds. The lowest BCUT2D eigenvalue weighted by atomic mass is 9.99. The number of carbonyl (C=O) groups excluding carboxylic acids is 2. The number of aromatic nitrogens is 1. The van der Waals surface area contributed by atoms with Crippen molar-refractivity contribution in [2.45, 2.75) is 6.54 Å². The molecule has 0 saturated carbocycles. The van der Waals surface area contributed by atoms with E-state index in [1.807, 2.05) is 48.5 Å². The molecule has 0 fully saturated rings. The summed E-state index contributed by atoms with van der Waals surface area (Å²) >= 11 is 0. The predicted molar refractivity (Wildman–Crippen MR) is 118 cm³/mol. The van der Waals surface area contributed by atoms with E-state index < -0.39 is 18.5 Å². The fraction of sp³-hybridized carbons (Fsp3) is 0.0800. The van der Waals surface area contributed by atoms with Crippen molar-refractivity contribution in [2.75, 3.05) is 6.61 Å². The summed E-state index contributed by atoms with van der Waals surface area (Å²) in [6, 6.07) is 21.9. The van der Waals surface area contributed by atoms with Crippen LogP contribution in [0.15, 0.2) is 87.9 Å². The Morgan fingerprint density at radius 3 is 2.59 bits per heavy atom. The smallest absolute Gasteiger partial charge is 0.339 e. The van der Waals surface area contributed by atoms with Crippen LogP contribution >= 0.6 is 0 Å². The number of nitrogens with zero attached hydrogens (tertiary/aromatic N) is 1. The fourth-order valence-corrected chi connectivity index (χ4v) is 3.54. The second-order valence-corrected chi connectivity index (χ2v) is 7.13. The van der Waals surface area contributed by atoms with Crippen LogP contribution in [0.5, 0.6) is 0 Å². The minimum Gasteiger partial charge on any atom is -0.467 e. The van der Waals surface area contributed by atoms with Gasteiger partial charge >= 0.3 is 5.97 Å². The number of rotatable bonds is 6. The highest BCUT2D eigenvalue weighted by molar-refractivity contribution is 6.10. The third-order valence-electron chi connectivity index (χ3n) is 5.02. The van der Waals surface area contributed by atoms with Crippen molar-refractivity contribution >= 4 is 33.7 Å². The lowest BCUT2D eigenvalue weighted by molar-refractivity contribution is -0.124. The fourth-order valence-electron chi connectivity index (χ4n) is 3.54. The molecule has 2 aromatic heterocycles. The summed E-state index contributed by atoms with van der Waals surface area (Å²) < 4.78 is 16.4. The Hall–Kier alpha value is -4.39. The molecule has 0 aliphatic rings. The molecule has 32 heavy (non-hydrogen) atoms. The van der Waals surface area contributed by atoms with Crippen LogP contribution in [0.2, 0.25) is 0 Å². The topological polar surface area (TPSA) is 94.6 Å². The molecule has 0 radical (unpaired) electrons. The van der Waals surface area contributed by atoms with E-state index in [2.05, 4.69) is 10.3 Å². The SMILES string of the molecule is O=C(COC(=O)c1cccc2cccc(-c3nc4ccccc4o3)c12)NCc1ccco1. The lowest BCUT2D eigenvalue weighted by Crippen LogP contribution is -2.28. The molecule has 7 heteroatoms. The summed E-state index contributed by atoms with van der Waals surface area (Å²) in [7, 11) is 0. The normalized spacial score (nSPS) is 11.0. The summed E-state index contributed by atoms with van der Waals surface area (Å²) in [6.45, 7) is -0.180. The van der Waals surface area contributed by atoms with Gasteiger partial charge in [-0.3, -0.25) is 4.79 Å². The number of ether oxygens (including phenoxy) is 1. The number of para-hydroxylation sites is 2. The van der Waals surface area contributed by atoms with E-state index in [0.29, 0.717) is 33.7 Å². The van der Waals surface area contributed by atoms with E-state index in [1.165, 1.54) is 6.26 Å². The van der Waals surface area contributed by atoms with Crippen molar-refractivity contribution < 1.29 is 23.2 Å². The van der Waals surface area contributed by atoms with Gasteiger partial charge < -0.3 is 18.9 Å². The highest BCUT2D eigenvalue weighted by atomic mass is 16.5. The van der Waals surface area contributed by atoms with E-state index in [0.717, 1.165) is 10.9 Å². The van der Waals surface area contributed by atoms with Crippen molar-refractivity contribution in [3.8, 4) is 11.5 Å². The zero-order chi connectivity index (χ0) is 21.9. The Kier molecular flexibility index (Phi) is 5.13. The maximum Gasteiger partial charge on any atom is 0.339 e. The largest absolute Gasteiger partial charge is 0.467 e. The number of nitrogens with one attached hydrogen (secondary N) is 1. The molecule has 0 saturated heterocycles. The molecule has 0 aliphatic heterocycles. The van der Waals surface area contributed by atoms with Crippen LogP contribution in [-0.4, -0.2) is 23.5 Å². The molecule has 0 unspecified atom stereocenters. The summed E-state index contributed by atoms with van der Waals surface area (Å²) in [4.78, 5) is 29.5. The van der Waals surface area contributed by atoms with Crippen LogP contribution in [-0.2, 0) is 16.1 Å². The highest BCUT2D eigenvalue weighted by Gasteiger charge is 2.19. The molecule has 5 aromatic rings. The van der Waals surface area contributed by atoms with Crippen molar-refractivity contribution in [3.63, 3.8) is 0 Å². The van der Waals surface area contributed by atoms with Gasteiger partial charge in [-0.15, -0.1) is 0 Å². The van der Waals surface area contributed by atoms with Crippen LogP contribution in [0.4, 0.5) is 0 Å². The van der Waals surface area contributed by atoms with Crippen LogP contribution < -0.4 is 5.32 Å². The highest BCUT2D eigenvalue weighted by Crippen LogP contribution is 2.33. The Morgan fingerprint density at radius 1 is 0.938 bits per heavy atom. The zero-order valence-electron chi connectivity index (χ0n) is 16.9. The Labute approximate surface area is 182 Å². The molecular formula is C25H18N2O5. The van der Waals surface area contributed by atoms with Crippen LogP contribution in [0, 0.1) is 0 Å². The van der Waals surface area contributed by atoms with Gasteiger partial charge in [0.05, 0.1) is 18.4 Å². The summed E-state index contributed by atoms with van der Waals surface area (Å²) in [5, 5.41) is 4.14. The van der Waals surface area contributed by atoms with Crippen molar-refractivity contribution in [1.29, 1.82) is 0 Å². The molecule has 1 N–H and O–H groups in total. The number of hydrogen-bond acceptors (Lipinski definition) is 6. The predicted octanol–water partition coefficient (Wildman–Crippen LogP) is 4.71. The lowest BCUT2D eigenvalue weighted by Gasteiger charge is -2.10. The molecule has 5 rings (SSSR count). The third-order valence-corrected chi connectivity index (χ3v) is 5.02. The summed E-state index contributed by atoms with van der Waals surface area (Å²) in [5.74, 6) is -0.00332. The Balaban J connectivity index is 1.41. The van der Waals surface area contributed by atoms with Gasteiger partial charge in [0.1, 0.15) is 11.3 Å². The van der Waals surface area contributed by atoms with E-state index in [1.54, 1.807) is 24.3 Å². The van der Waals surface area contributed by atoms with Gasteiger partial charge in [-0.2, -0.15) is 0 Å². The van der Waals surface area contributed by atoms with E-state index >= 15 is 0 Å². The number of carbonyl (C=O) groups is 2. The maximum atomic E-state index is 12.9. The van der Waals surface area contributed by atoms with Gasteiger partial charge in [0.2, 0.25) is 5.89 Å². The molecule has 3 aromatic carbocycles. The molecule has 0 aliphatic carbocycles. The van der Waals surface area contributed by atoms with Crippen LogP contribution in [0.25, 0.3) is 33.3 Å². The number of esters is 1. The number of benzene rings is 3. The first-order valence-electron chi connectivity index (χ1n) is 10.0. The van der Waals surface area contributed by atoms with Gasteiger partial charge in [-0.25, -0.2) is 9.78 Å². The second kappa shape index (κ2) is 8.39. The minimum absolute atomic E-state index is 0.222. The molecule has 0 spiro atoms. The molecule has 2 heterocycles. The number of hydrogen-bond donors (Lipinski definition) is 1. The van der Waals surface area contributed by atoms with Crippen LogP contribution in [0.3, 0.4) is 0 Å². The number of furan rings is 1. The molecule has 0 bridgehead atoms. The van der Waals surface area contributed by atoms with Gasteiger partial charge in [-0.1, -0.05) is 36.4 Å². The number of oxazole rings is 1. The monoisotopic (exact) mass is 426 g/mol. The zero-order valence-corrected chi connectivity index (χ0v) is 16.9. The summed E-state index contributed by atoms with van der Waals surface area (Å²) in [5.41, 5.74) is 2.40. The average molecular weight is 426 g/mol. The minimum atomic E-state index is -0.604. The maximum absolute atomic E-state index is 12.9. The standard InChI is InChI=1S/C25H18N2O5/c28-22(26-14-17-8-5-13-30-17)15-31-25(29)19-10-4-7-16-6-3-9-18(23(16)19)24-27-20-11-1-2-12-21(20)32-24/h1-13H,14-15H2,(H,26,28). The van der Waals surface area contributed by atoms with Gasteiger partial charge in [0.15, 0.2) is 12.2 Å². The second-order valence-electron chi connectivity index (χ2n) is 7.13. The van der Waals surface area contributed by atoms with Crippen molar-refractivity contribution in [3.05, 3.63) is 90.4 Å². The first-order chi connectivity index (χ1) is 15.7. The third kappa shape index (κ3) is 3.83. The number of fused-ring (bicyclic) bond motifs is 2. The van der Waals surface area contributed by atoms with E-state index in [9.17, 15) is 9.59 Å². The van der Waals surface area contributed by atoms with Gasteiger partial charge in [0, 0.05) is 10.9 Å². The first kappa shape index (κ1) is 19.6. The van der Waals surface area contributed by atoms with Crippen molar-refractivity contribution in [1.82, 2.24) is 10.3 Å². The number of amides is 1. The van der Waals surface area contributed by atoms with Crippen molar-refractivity contribution in [2.24, 2.45) is 0 Å². The average Bonchev–Trinajstić information content (AvgIpc) is 3.50. The van der Waals surface area contributed by atoms with Gasteiger partial charge in [0.25, 0.3) is 5.91 Å².